The summed E-state index contributed by atoms with van der Waals surface area (Å²) in [6.07, 6.45) is 0.211. The summed E-state index contributed by atoms with van der Waals surface area (Å²) in [7, 11) is 1.76. The van der Waals surface area contributed by atoms with E-state index in [0.717, 1.165) is 21.1 Å². The number of hydrogen-bond acceptors (Lipinski definition) is 3. The lowest BCUT2D eigenvalue weighted by molar-refractivity contribution is -0.117. The minimum absolute atomic E-state index is 0.0287. The standard InChI is InChI=1S/C17H15BrN2O2/c1-11-3-8-16-14(9-11)15(19-22-16)10-17(21)20(2)13-6-4-12(18)5-7-13/h3-9H,10H2,1-2H3. The first-order valence-electron chi connectivity index (χ1n) is 6.91. The minimum atomic E-state index is -0.0287. The van der Waals surface area contributed by atoms with E-state index in [0.29, 0.717) is 11.3 Å². The Morgan fingerprint density at radius 3 is 2.68 bits per heavy atom. The van der Waals surface area contributed by atoms with Gasteiger partial charge in [-0.3, -0.25) is 4.79 Å². The summed E-state index contributed by atoms with van der Waals surface area (Å²) in [6.45, 7) is 2.01. The number of carbonyl (C=O) groups excluding carboxylic acids is 1. The zero-order valence-electron chi connectivity index (χ0n) is 12.3. The largest absolute Gasteiger partial charge is 0.356 e. The molecule has 0 bridgehead atoms. The van der Waals surface area contributed by atoms with Crippen LogP contribution in [0.4, 0.5) is 5.69 Å². The first kappa shape index (κ1) is 14.8. The highest BCUT2D eigenvalue weighted by Crippen LogP contribution is 2.22. The molecule has 4 nitrogen and oxygen atoms in total. The van der Waals surface area contributed by atoms with Crippen LogP contribution in [0.5, 0.6) is 0 Å². The molecule has 0 fully saturated rings. The fourth-order valence-corrected chi connectivity index (χ4v) is 2.56. The minimum Gasteiger partial charge on any atom is -0.356 e. The number of rotatable bonds is 3. The second-order valence-electron chi connectivity index (χ2n) is 5.23. The van der Waals surface area contributed by atoms with E-state index >= 15 is 0 Å². The zero-order valence-corrected chi connectivity index (χ0v) is 13.9. The predicted molar refractivity (Wildman–Crippen MR) is 90.0 cm³/mol. The SMILES string of the molecule is Cc1ccc2onc(CC(=O)N(C)c3ccc(Br)cc3)c2c1. The van der Waals surface area contributed by atoms with Crippen LogP contribution < -0.4 is 4.90 Å². The smallest absolute Gasteiger partial charge is 0.232 e. The van der Waals surface area contributed by atoms with Crippen molar-refractivity contribution in [1.82, 2.24) is 5.16 Å². The van der Waals surface area contributed by atoms with E-state index < -0.39 is 0 Å². The second-order valence-corrected chi connectivity index (χ2v) is 6.15. The number of amides is 1. The van der Waals surface area contributed by atoms with Crippen molar-refractivity contribution in [1.29, 1.82) is 0 Å². The van der Waals surface area contributed by atoms with Crippen molar-refractivity contribution < 1.29 is 9.32 Å². The fraction of sp³-hybridized carbons (Fsp3) is 0.176. The van der Waals surface area contributed by atoms with Gasteiger partial charge < -0.3 is 9.42 Å². The zero-order chi connectivity index (χ0) is 15.7. The fourth-order valence-electron chi connectivity index (χ4n) is 2.30. The molecule has 1 aromatic heterocycles. The number of carbonyl (C=O) groups is 1. The molecule has 1 amide bonds. The van der Waals surface area contributed by atoms with Crippen molar-refractivity contribution in [2.45, 2.75) is 13.3 Å². The van der Waals surface area contributed by atoms with Crippen LogP contribution in [0, 0.1) is 6.92 Å². The van der Waals surface area contributed by atoms with E-state index in [-0.39, 0.29) is 12.3 Å². The summed E-state index contributed by atoms with van der Waals surface area (Å²) in [4.78, 5) is 14.1. The van der Waals surface area contributed by atoms with Gasteiger partial charge in [-0.15, -0.1) is 0 Å². The quantitative estimate of drug-likeness (QED) is 0.707. The molecule has 0 unspecified atom stereocenters. The van der Waals surface area contributed by atoms with Crippen molar-refractivity contribution in [2.24, 2.45) is 0 Å². The van der Waals surface area contributed by atoms with Crippen LogP contribution in [0.3, 0.4) is 0 Å². The molecule has 0 saturated carbocycles. The van der Waals surface area contributed by atoms with E-state index in [1.807, 2.05) is 49.4 Å². The number of fused-ring (bicyclic) bond motifs is 1. The van der Waals surface area contributed by atoms with Crippen LogP contribution in [-0.2, 0) is 11.2 Å². The molecular weight excluding hydrogens is 344 g/mol. The molecule has 22 heavy (non-hydrogen) atoms. The highest BCUT2D eigenvalue weighted by Gasteiger charge is 2.16. The van der Waals surface area contributed by atoms with Crippen molar-refractivity contribution in [3.05, 3.63) is 58.2 Å². The Labute approximate surface area is 136 Å². The number of halogens is 1. The molecule has 3 aromatic rings. The van der Waals surface area contributed by atoms with E-state index in [1.165, 1.54) is 0 Å². The molecule has 112 valence electrons. The third-order valence-corrected chi connectivity index (χ3v) is 4.14. The van der Waals surface area contributed by atoms with Gasteiger partial charge in [-0.2, -0.15) is 0 Å². The predicted octanol–water partition coefficient (Wildman–Crippen LogP) is 4.10. The number of aromatic nitrogens is 1. The van der Waals surface area contributed by atoms with Gasteiger partial charge in [0.1, 0.15) is 5.69 Å². The van der Waals surface area contributed by atoms with Gasteiger partial charge in [0, 0.05) is 22.6 Å². The van der Waals surface area contributed by atoms with Gasteiger partial charge in [0.2, 0.25) is 5.91 Å². The van der Waals surface area contributed by atoms with E-state index in [4.69, 9.17) is 4.52 Å². The molecule has 0 radical (unpaired) electrons. The molecule has 0 aliphatic rings. The Morgan fingerprint density at radius 2 is 1.95 bits per heavy atom. The molecule has 0 N–H and O–H groups in total. The molecule has 0 atom stereocenters. The van der Waals surface area contributed by atoms with Crippen LogP contribution in [0.15, 0.2) is 51.5 Å². The Balaban J connectivity index is 1.83. The van der Waals surface area contributed by atoms with Crippen molar-refractivity contribution >= 4 is 38.5 Å². The first-order chi connectivity index (χ1) is 10.5. The van der Waals surface area contributed by atoms with Crippen molar-refractivity contribution in [2.75, 3.05) is 11.9 Å². The number of likely N-dealkylation sites (N-methyl/N-ethyl adjacent to an activating group) is 1. The van der Waals surface area contributed by atoms with Gasteiger partial charge in [0.15, 0.2) is 5.58 Å². The number of aryl methyl sites for hydroxylation is 1. The summed E-state index contributed by atoms with van der Waals surface area (Å²) < 4.78 is 6.26. The first-order valence-corrected chi connectivity index (χ1v) is 7.71. The average Bonchev–Trinajstić information content (AvgIpc) is 2.89. The molecular formula is C17H15BrN2O2. The van der Waals surface area contributed by atoms with Gasteiger partial charge in [0.05, 0.1) is 6.42 Å². The molecule has 3 rings (SSSR count). The maximum atomic E-state index is 12.5. The number of hydrogen-bond donors (Lipinski definition) is 0. The van der Waals surface area contributed by atoms with Crippen LogP contribution in [0.25, 0.3) is 11.0 Å². The summed E-state index contributed by atoms with van der Waals surface area (Å²) in [5, 5.41) is 4.94. The van der Waals surface area contributed by atoms with Crippen molar-refractivity contribution in [3.8, 4) is 0 Å². The van der Waals surface area contributed by atoms with Gasteiger partial charge in [-0.25, -0.2) is 0 Å². The maximum Gasteiger partial charge on any atom is 0.232 e. The molecule has 2 aromatic carbocycles. The molecule has 0 saturated heterocycles. The van der Waals surface area contributed by atoms with Gasteiger partial charge in [-0.1, -0.05) is 32.7 Å². The van der Waals surface area contributed by atoms with Crippen LogP contribution in [0.2, 0.25) is 0 Å². The molecule has 0 aliphatic carbocycles. The second kappa shape index (κ2) is 5.93. The normalized spacial score (nSPS) is 10.9. The van der Waals surface area contributed by atoms with E-state index in [2.05, 4.69) is 21.1 Å². The lowest BCUT2D eigenvalue weighted by atomic mass is 10.1. The highest BCUT2D eigenvalue weighted by atomic mass is 79.9. The van der Waals surface area contributed by atoms with E-state index in [9.17, 15) is 4.79 Å². The van der Waals surface area contributed by atoms with Gasteiger partial charge >= 0.3 is 0 Å². The summed E-state index contributed by atoms with van der Waals surface area (Å²) in [5.74, 6) is -0.0287. The Kier molecular flexibility index (Phi) is 3.98. The monoisotopic (exact) mass is 358 g/mol. The molecule has 0 spiro atoms. The highest BCUT2D eigenvalue weighted by molar-refractivity contribution is 9.10. The van der Waals surface area contributed by atoms with E-state index in [1.54, 1.807) is 11.9 Å². The van der Waals surface area contributed by atoms with Crippen molar-refractivity contribution in [3.63, 3.8) is 0 Å². The lowest BCUT2D eigenvalue weighted by Crippen LogP contribution is -2.27. The summed E-state index contributed by atoms with van der Waals surface area (Å²) in [5.41, 5.74) is 3.34. The third-order valence-electron chi connectivity index (χ3n) is 3.61. The molecule has 1 heterocycles. The number of benzene rings is 2. The van der Waals surface area contributed by atoms with Crippen LogP contribution in [0.1, 0.15) is 11.3 Å². The Hall–Kier alpha value is -2.14. The third kappa shape index (κ3) is 2.90. The van der Waals surface area contributed by atoms with Gasteiger partial charge in [0.25, 0.3) is 0 Å². The Bertz CT molecular complexity index is 824. The maximum absolute atomic E-state index is 12.5. The number of nitrogens with zero attached hydrogens (tertiary/aromatic N) is 2. The Morgan fingerprint density at radius 1 is 1.23 bits per heavy atom. The molecule has 5 heteroatoms. The van der Waals surface area contributed by atoms with Gasteiger partial charge in [-0.05, 0) is 43.3 Å². The average molecular weight is 359 g/mol. The van der Waals surface area contributed by atoms with Crippen LogP contribution in [-0.4, -0.2) is 18.1 Å². The topological polar surface area (TPSA) is 46.3 Å². The summed E-state index contributed by atoms with van der Waals surface area (Å²) in [6, 6.07) is 13.5. The lowest BCUT2D eigenvalue weighted by Gasteiger charge is -2.16. The number of anilines is 1. The van der Waals surface area contributed by atoms with Crippen LogP contribution >= 0.6 is 15.9 Å². The summed E-state index contributed by atoms with van der Waals surface area (Å²) >= 11 is 3.39. The molecule has 0 aliphatic heterocycles.